The minimum absolute atomic E-state index is 0.0573. The first kappa shape index (κ1) is 13.9. The molecule has 0 spiro atoms. The third kappa shape index (κ3) is 3.08. The molecule has 0 aromatic carbocycles. The van der Waals surface area contributed by atoms with Gasteiger partial charge < -0.3 is 5.32 Å². The van der Waals surface area contributed by atoms with Gasteiger partial charge in [-0.3, -0.25) is 0 Å². The fourth-order valence-corrected chi connectivity index (χ4v) is 4.18. The molecule has 1 aliphatic rings. The second-order valence-corrected chi connectivity index (χ2v) is 6.72. The van der Waals surface area contributed by atoms with Crippen LogP contribution in [0.25, 0.3) is 0 Å². The van der Waals surface area contributed by atoms with E-state index in [1.165, 1.54) is 4.68 Å². The Labute approximate surface area is 115 Å². The van der Waals surface area contributed by atoms with Crippen LogP contribution in [0.5, 0.6) is 0 Å². The Morgan fingerprint density at radius 1 is 1.61 bits per heavy atom. The standard InChI is InChI=1S/C9H16BrN5O2S/c1-15-9(8(10)13-14-15)18(16,17)12-6-4-7-3-2-5-11-7/h7,11-12H,2-6H2,1H3/t7-/m0/s1. The van der Waals surface area contributed by atoms with Gasteiger partial charge in [-0.25, -0.2) is 17.8 Å². The number of aromatic nitrogens is 3. The van der Waals surface area contributed by atoms with Crippen LogP contribution in [-0.2, 0) is 17.1 Å². The number of nitrogens with one attached hydrogen (secondary N) is 2. The largest absolute Gasteiger partial charge is 0.314 e. The van der Waals surface area contributed by atoms with Crippen molar-refractivity contribution < 1.29 is 8.42 Å². The molecule has 2 rings (SSSR count). The van der Waals surface area contributed by atoms with Crippen LogP contribution >= 0.6 is 15.9 Å². The summed E-state index contributed by atoms with van der Waals surface area (Å²) in [5.41, 5.74) is 0. The maximum atomic E-state index is 12.0. The summed E-state index contributed by atoms with van der Waals surface area (Å²) in [6, 6.07) is 0.417. The van der Waals surface area contributed by atoms with Crippen LogP contribution in [0.1, 0.15) is 19.3 Å². The summed E-state index contributed by atoms with van der Waals surface area (Å²) in [6.07, 6.45) is 3.06. The maximum absolute atomic E-state index is 12.0. The van der Waals surface area contributed by atoms with E-state index in [1.54, 1.807) is 7.05 Å². The molecule has 102 valence electrons. The summed E-state index contributed by atoms with van der Waals surface area (Å²) in [6.45, 7) is 1.44. The molecule has 0 radical (unpaired) electrons. The smallest absolute Gasteiger partial charge is 0.260 e. The molecule has 0 unspecified atom stereocenters. The van der Waals surface area contributed by atoms with Gasteiger partial charge in [0.25, 0.3) is 10.0 Å². The summed E-state index contributed by atoms with van der Waals surface area (Å²) in [5.74, 6) is 0. The molecule has 0 amide bonds. The summed E-state index contributed by atoms with van der Waals surface area (Å²) in [7, 11) is -2.01. The van der Waals surface area contributed by atoms with Gasteiger partial charge in [-0.2, -0.15) is 0 Å². The lowest BCUT2D eigenvalue weighted by Crippen LogP contribution is -2.31. The van der Waals surface area contributed by atoms with E-state index in [0.29, 0.717) is 12.6 Å². The molecule has 18 heavy (non-hydrogen) atoms. The molecule has 1 saturated heterocycles. The van der Waals surface area contributed by atoms with Gasteiger partial charge in [0.1, 0.15) is 0 Å². The third-order valence-electron chi connectivity index (χ3n) is 2.94. The van der Waals surface area contributed by atoms with Gasteiger partial charge in [0.2, 0.25) is 5.03 Å². The molecule has 7 nitrogen and oxygen atoms in total. The lowest BCUT2D eigenvalue weighted by molar-refractivity contribution is 0.532. The predicted molar refractivity (Wildman–Crippen MR) is 69.5 cm³/mol. The van der Waals surface area contributed by atoms with Crippen molar-refractivity contribution in [1.82, 2.24) is 25.0 Å². The maximum Gasteiger partial charge on any atom is 0.260 e. The van der Waals surface area contributed by atoms with Crippen molar-refractivity contribution in [2.45, 2.75) is 30.3 Å². The third-order valence-corrected chi connectivity index (χ3v) is 5.29. The average molecular weight is 338 g/mol. The van der Waals surface area contributed by atoms with Crippen molar-refractivity contribution in [1.29, 1.82) is 0 Å². The van der Waals surface area contributed by atoms with E-state index in [-0.39, 0.29) is 9.63 Å². The Kier molecular flexibility index (Phi) is 4.36. The van der Waals surface area contributed by atoms with Crippen molar-refractivity contribution in [3.8, 4) is 0 Å². The van der Waals surface area contributed by atoms with E-state index in [2.05, 4.69) is 36.3 Å². The van der Waals surface area contributed by atoms with Crippen molar-refractivity contribution in [3.63, 3.8) is 0 Å². The predicted octanol–water partition coefficient (Wildman–Crippen LogP) is -0.00200. The van der Waals surface area contributed by atoms with Crippen molar-refractivity contribution in [2.75, 3.05) is 13.1 Å². The Balaban J connectivity index is 1.95. The van der Waals surface area contributed by atoms with Gasteiger partial charge in [-0.05, 0) is 41.7 Å². The summed E-state index contributed by atoms with van der Waals surface area (Å²) in [4.78, 5) is 0. The fourth-order valence-electron chi connectivity index (χ4n) is 2.05. The SMILES string of the molecule is Cn1nnc(Br)c1S(=O)(=O)NCC[C@@H]1CCCN1. The Morgan fingerprint density at radius 3 is 2.94 bits per heavy atom. The zero-order valence-electron chi connectivity index (χ0n) is 10.1. The number of hydrogen-bond acceptors (Lipinski definition) is 5. The zero-order valence-corrected chi connectivity index (χ0v) is 12.5. The Hall–Kier alpha value is -0.510. The topological polar surface area (TPSA) is 88.9 Å². The molecule has 0 bridgehead atoms. The first-order chi connectivity index (χ1) is 8.50. The van der Waals surface area contributed by atoms with Crippen molar-refractivity contribution in [3.05, 3.63) is 4.60 Å². The van der Waals surface area contributed by atoms with Crippen LogP contribution in [0.2, 0.25) is 0 Å². The minimum Gasteiger partial charge on any atom is -0.314 e. The van der Waals surface area contributed by atoms with Gasteiger partial charge in [-0.15, -0.1) is 5.10 Å². The number of aryl methyl sites for hydroxylation is 1. The van der Waals surface area contributed by atoms with Gasteiger partial charge in [0, 0.05) is 19.6 Å². The zero-order chi connectivity index (χ0) is 13.2. The number of sulfonamides is 1. The summed E-state index contributed by atoms with van der Waals surface area (Å²) < 4.78 is 28.1. The van der Waals surface area contributed by atoms with E-state index >= 15 is 0 Å². The lowest BCUT2D eigenvalue weighted by Gasteiger charge is -2.11. The molecule has 1 atom stereocenters. The average Bonchev–Trinajstić information content (AvgIpc) is 2.89. The van der Waals surface area contributed by atoms with Crippen LogP contribution in [0.3, 0.4) is 0 Å². The number of halogens is 1. The summed E-state index contributed by atoms with van der Waals surface area (Å²) in [5, 5.41) is 10.7. The van der Waals surface area contributed by atoms with E-state index < -0.39 is 10.0 Å². The van der Waals surface area contributed by atoms with E-state index in [4.69, 9.17) is 0 Å². The van der Waals surface area contributed by atoms with Gasteiger partial charge >= 0.3 is 0 Å². The highest BCUT2D eigenvalue weighted by atomic mass is 79.9. The first-order valence-electron chi connectivity index (χ1n) is 5.79. The van der Waals surface area contributed by atoms with Gasteiger partial charge in [0.05, 0.1) is 0 Å². The van der Waals surface area contributed by atoms with Crippen LogP contribution in [-0.4, -0.2) is 42.5 Å². The molecular weight excluding hydrogens is 322 g/mol. The molecule has 0 aliphatic carbocycles. The molecule has 1 aromatic heterocycles. The first-order valence-corrected chi connectivity index (χ1v) is 8.06. The molecule has 0 saturated carbocycles. The van der Waals surface area contributed by atoms with E-state index in [9.17, 15) is 8.42 Å². The monoisotopic (exact) mass is 337 g/mol. The van der Waals surface area contributed by atoms with Crippen LogP contribution < -0.4 is 10.0 Å². The molecule has 1 fully saturated rings. The minimum atomic E-state index is -3.56. The lowest BCUT2D eigenvalue weighted by atomic mass is 10.2. The second kappa shape index (κ2) is 5.64. The molecular formula is C9H16BrN5O2S. The number of hydrogen-bond donors (Lipinski definition) is 2. The number of nitrogens with zero attached hydrogens (tertiary/aromatic N) is 3. The molecule has 1 aromatic rings. The quantitative estimate of drug-likeness (QED) is 0.789. The molecule has 9 heteroatoms. The summed E-state index contributed by atoms with van der Waals surface area (Å²) >= 11 is 3.09. The van der Waals surface area contributed by atoms with Gasteiger partial charge in [-0.1, -0.05) is 5.21 Å². The Morgan fingerprint density at radius 2 is 2.39 bits per heavy atom. The highest BCUT2D eigenvalue weighted by molar-refractivity contribution is 9.10. The van der Waals surface area contributed by atoms with Crippen molar-refractivity contribution in [2.24, 2.45) is 7.05 Å². The Bertz CT molecular complexity index is 490. The van der Waals surface area contributed by atoms with E-state index in [0.717, 1.165) is 25.8 Å². The van der Waals surface area contributed by atoms with Crippen LogP contribution in [0.4, 0.5) is 0 Å². The van der Waals surface area contributed by atoms with Crippen molar-refractivity contribution >= 4 is 26.0 Å². The van der Waals surface area contributed by atoms with E-state index in [1.807, 2.05) is 0 Å². The number of rotatable bonds is 5. The normalized spacial score (nSPS) is 20.4. The highest BCUT2D eigenvalue weighted by Crippen LogP contribution is 2.17. The molecule has 2 N–H and O–H groups in total. The van der Waals surface area contributed by atoms with Crippen LogP contribution in [0.15, 0.2) is 9.63 Å². The highest BCUT2D eigenvalue weighted by Gasteiger charge is 2.24. The van der Waals surface area contributed by atoms with Crippen LogP contribution in [0, 0.1) is 0 Å². The fraction of sp³-hybridized carbons (Fsp3) is 0.778. The second-order valence-electron chi connectivity index (χ2n) is 4.29. The van der Waals surface area contributed by atoms with Gasteiger partial charge in [0.15, 0.2) is 4.60 Å². The molecule has 2 heterocycles. The molecule has 1 aliphatic heterocycles.